The Morgan fingerprint density at radius 1 is 1.30 bits per heavy atom. The molecule has 2 aromatic heterocycles. The number of hydrogen-bond acceptors (Lipinski definition) is 6. The highest BCUT2D eigenvalue weighted by Crippen LogP contribution is 2.39. The van der Waals surface area contributed by atoms with Crippen molar-refractivity contribution in [1.82, 2.24) is 15.0 Å². The highest BCUT2D eigenvalue weighted by atomic mass is 16.5. The summed E-state index contributed by atoms with van der Waals surface area (Å²) in [5, 5.41) is 10.3. The fraction of sp³-hybridized carbons (Fsp3) is 0.571. The predicted molar refractivity (Wildman–Crippen MR) is 105 cm³/mol. The van der Waals surface area contributed by atoms with E-state index in [0.29, 0.717) is 5.82 Å². The van der Waals surface area contributed by atoms with Gasteiger partial charge in [0.1, 0.15) is 5.82 Å². The Morgan fingerprint density at radius 3 is 2.81 bits per heavy atom. The van der Waals surface area contributed by atoms with E-state index >= 15 is 0 Å². The van der Waals surface area contributed by atoms with Crippen LogP contribution in [0.25, 0.3) is 11.4 Å². The number of aliphatic hydroxyl groups is 1. The number of aryl methyl sites for hydroxylation is 1. The van der Waals surface area contributed by atoms with Crippen LogP contribution in [0.1, 0.15) is 44.7 Å². The summed E-state index contributed by atoms with van der Waals surface area (Å²) in [7, 11) is 0. The molecule has 1 N–H and O–H groups in total. The normalized spacial score (nSPS) is 24.9. The Hall–Kier alpha value is -2.05. The summed E-state index contributed by atoms with van der Waals surface area (Å²) in [5.41, 5.74) is 1.71. The Labute approximate surface area is 160 Å². The molecule has 2 saturated heterocycles. The van der Waals surface area contributed by atoms with E-state index < -0.39 is 0 Å². The van der Waals surface area contributed by atoms with Crippen molar-refractivity contribution in [1.29, 1.82) is 0 Å². The van der Waals surface area contributed by atoms with Gasteiger partial charge in [-0.3, -0.25) is 4.98 Å². The van der Waals surface area contributed by atoms with E-state index in [2.05, 4.69) is 21.8 Å². The van der Waals surface area contributed by atoms with Gasteiger partial charge in [-0.05, 0) is 44.7 Å². The van der Waals surface area contributed by atoms with E-state index in [9.17, 15) is 5.11 Å². The molecule has 144 valence electrons. The fourth-order valence-electron chi connectivity index (χ4n) is 4.32. The quantitative estimate of drug-likeness (QED) is 0.897. The van der Waals surface area contributed by atoms with Gasteiger partial charge in [-0.15, -0.1) is 0 Å². The number of hydrogen-bond donors (Lipinski definition) is 1. The Kier molecular flexibility index (Phi) is 5.10. The van der Waals surface area contributed by atoms with E-state index in [1.807, 2.05) is 25.1 Å². The number of rotatable bonds is 3. The molecule has 2 fully saturated rings. The maximum absolute atomic E-state index is 10.3. The third-order valence-corrected chi connectivity index (χ3v) is 5.77. The second kappa shape index (κ2) is 7.52. The number of ether oxygens (including phenoxy) is 1. The molecule has 2 aromatic rings. The van der Waals surface area contributed by atoms with Crippen LogP contribution in [0.5, 0.6) is 0 Å². The molecule has 4 rings (SSSR count). The lowest BCUT2D eigenvalue weighted by Crippen LogP contribution is -2.53. The van der Waals surface area contributed by atoms with Crippen molar-refractivity contribution in [2.75, 3.05) is 18.0 Å². The molecular weight excluding hydrogens is 340 g/mol. The number of anilines is 1. The first-order valence-corrected chi connectivity index (χ1v) is 9.94. The summed E-state index contributed by atoms with van der Waals surface area (Å²) >= 11 is 0. The first-order chi connectivity index (χ1) is 13.1. The molecular formula is C21H28N4O2. The molecule has 0 aliphatic carbocycles. The molecule has 0 bridgehead atoms. The lowest BCUT2D eigenvalue weighted by molar-refractivity contribution is -0.171. The van der Waals surface area contributed by atoms with Gasteiger partial charge in [0.2, 0.25) is 0 Å². The molecule has 0 amide bonds. The molecule has 0 saturated carbocycles. The molecule has 2 aliphatic heterocycles. The van der Waals surface area contributed by atoms with Crippen LogP contribution in [-0.4, -0.2) is 51.0 Å². The Morgan fingerprint density at radius 2 is 2.11 bits per heavy atom. The van der Waals surface area contributed by atoms with Crippen LogP contribution < -0.4 is 4.90 Å². The minimum absolute atomic E-state index is 0.177. The van der Waals surface area contributed by atoms with Crippen molar-refractivity contribution >= 4 is 5.82 Å². The molecule has 6 nitrogen and oxygen atoms in total. The molecule has 0 radical (unpaired) electrons. The van der Waals surface area contributed by atoms with Gasteiger partial charge in [0.15, 0.2) is 5.82 Å². The van der Waals surface area contributed by atoms with E-state index in [1.54, 1.807) is 12.4 Å². The van der Waals surface area contributed by atoms with Crippen LogP contribution in [0.15, 0.2) is 30.6 Å². The zero-order chi connectivity index (χ0) is 18.9. The van der Waals surface area contributed by atoms with Crippen LogP contribution in [-0.2, 0) is 4.74 Å². The van der Waals surface area contributed by atoms with Crippen LogP contribution in [0.2, 0.25) is 0 Å². The lowest BCUT2D eigenvalue weighted by Gasteiger charge is -2.48. The van der Waals surface area contributed by atoms with Gasteiger partial charge in [-0.1, -0.05) is 6.92 Å². The molecule has 2 atom stereocenters. The van der Waals surface area contributed by atoms with Gasteiger partial charge < -0.3 is 14.7 Å². The minimum Gasteiger partial charge on any atom is -0.393 e. The van der Waals surface area contributed by atoms with Gasteiger partial charge in [0.05, 0.1) is 17.8 Å². The number of pyridine rings is 1. The first kappa shape index (κ1) is 18.3. The highest BCUT2D eigenvalue weighted by molar-refractivity contribution is 5.56. The van der Waals surface area contributed by atoms with Crippen molar-refractivity contribution in [2.24, 2.45) is 0 Å². The SMILES string of the molecule is CC[C@H]1C[C@@H](O)CC2(CCN(c3cc(C)nc(-c4cccnc4)n3)CC2)O1. The highest BCUT2D eigenvalue weighted by Gasteiger charge is 2.43. The van der Waals surface area contributed by atoms with Gasteiger partial charge in [-0.2, -0.15) is 0 Å². The number of aliphatic hydroxyl groups excluding tert-OH is 1. The second-order valence-electron chi connectivity index (χ2n) is 7.84. The third-order valence-electron chi connectivity index (χ3n) is 5.77. The van der Waals surface area contributed by atoms with Gasteiger partial charge in [-0.25, -0.2) is 9.97 Å². The summed E-state index contributed by atoms with van der Waals surface area (Å²) in [6, 6.07) is 5.93. The van der Waals surface area contributed by atoms with E-state index in [-0.39, 0.29) is 17.8 Å². The van der Waals surface area contributed by atoms with Crippen molar-refractivity contribution in [3.63, 3.8) is 0 Å². The topological polar surface area (TPSA) is 71.4 Å². The van der Waals surface area contributed by atoms with Crippen LogP contribution in [0.4, 0.5) is 5.82 Å². The molecule has 6 heteroatoms. The summed E-state index contributed by atoms with van der Waals surface area (Å²) in [6.07, 6.45) is 7.81. The monoisotopic (exact) mass is 368 g/mol. The van der Waals surface area contributed by atoms with E-state index in [1.165, 1.54) is 0 Å². The molecule has 1 spiro atoms. The van der Waals surface area contributed by atoms with Gasteiger partial charge in [0.25, 0.3) is 0 Å². The molecule has 4 heterocycles. The lowest BCUT2D eigenvalue weighted by atomic mass is 9.81. The molecule has 27 heavy (non-hydrogen) atoms. The Bertz CT molecular complexity index is 775. The standard InChI is InChI=1S/C21H28N4O2/c1-3-18-12-17(26)13-21(27-18)6-9-25(10-7-21)19-11-15(2)23-20(24-19)16-5-4-8-22-14-16/h4-5,8,11,14,17-18,26H,3,6-7,9-10,12-13H2,1-2H3/t17-,18+/m1/s1. The Balaban J connectivity index is 1.51. The largest absolute Gasteiger partial charge is 0.393 e. The van der Waals surface area contributed by atoms with E-state index in [4.69, 9.17) is 9.72 Å². The number of aromatic nitrogens is 3. The number of nitrogens with zero attached hydrogens (tertiary/aromatic N) is 4. The maximum Gasteiger partial charge on any atom is 0.163 e. The van der Waals surface area contributed by atoms with Crippen molar-refractivity contribution in [2.45, 2.75) is 63.8 Å². The first-order valence-electron chi connectivity index (χ1n) is 9.94. The van der Waals surface area contributed by atoms with Crippen LogP contribution in [0.3, 0.4) is 0 Å². The van der Waals surface area contributed by atoms with Crippen LogP contribution >= 0.6 is 0 Å². The van der Waals surface area contributed by atoms with Crippen molar-refractivity contribution < 1.29 is 9.84 Å². The van der Waals surface area contributed by atoms with Crippen LogP contribution in [0, 0.1) is 6.92 Å². The summed E-state index contributed by atoms with van der Waals surface area (Å²) < 4.78 is 6.41. The van der Waals surface area contributed by atoms with E-state index in [0.717, 1.165) is 62.3 Å². The average Bonchev–Trinajstić information content (AvgIpc) is 2.68. The predicted octanol–water partition coefficient (Wildman–Crippen LogP) is 3.14. The third kappa shape index (κ3) is 3.96. The summed E-state index contributed by atoms with van der Waals surface area (Å²) in [5.74, 6) is 1.67. The zero-order valence-electron chi connectivity index (χ0n) is 16.1. The second-order valence-corrected chi connectivity index (χ2v) is 7.84. The summed E-state index contributed by atoms with van der Waals surface area (Å²) in [6.45, 7) is 5.90. The molecule has 0 unspecified atom stereocenters. The average molecular weight is 368 g/mol. The minimum atomic E-state index is -0.242. The van der Waals surface area contributed by atoms with Gasteiger partial charge >= 0.3 is 0 Å². The number of piperidine rings is 1. The molecule has 0 aromatic carbocycles. The summed E-state index contributed by atoms with van der Waals surface area (Å²) in [4.78, 5) is 15.9. The fourth-order valence-corrected chi connectivity index (χ4v) is 4.32. The van der Waals surface area contributed by atoms with Gasteiger partial charge in [0, 0.05) is 49.2 Å². The van der Waals surface area contributed by atoms with Crippen molar-refractivity contribution in [3.05, 3.63) is 36.3 Å². The molecule has 2 aliphatic rings. The van der Waals surface area contributed by atoms with Crippen molar-refractivity contribution in [3.8, 4) is 11.4 Å². The smallest absolute Gasteiger partial charge is 0.163 e. The maximum atomic E-state index is 10.3. The zero-order valence-corrected chi connectivity index (χ0v) is 16.1.